The Hall–Kier alpha value is -1.06. The molecular formula is C16H26N2O. The fraction of sp³-hybridized carbons (Fsp3) is 0.625. The predicted molar refractivity (Wildman–Crippen MR) is 79.9 cm³/mol. The van der Waals surface area contributed by atoms with E-state index in [1.807, 2.05) is 0 Å². The lowest BCUT2D eigenvalue weighted by atomic mass is 10.1. The number of para-hydroxylation sites is 1. The van der Waals surface area contributed by atoms with Crippen LogP contribution in [0.25, 0.3) is 0 Å². The van der Waals surface area contributed by atoms with Gasteiger partial charge in [0.15, 0.2) is 0 Å². The highest BCUT2D eigenvalue weighted by Gasteiger charge is 2.14. The van der Waals surface area contributed by atoms with Crippen LogP contribution >= 0.6 is 0 Å². The van der Waals surface area contributed by atoms with Crippen molar-refractivity contribution in [3.8, 4) is 5.75 Å². The zero-order valence-corrected chi connectivity index (χ0v) is 12.3. The van der Waals surface area contributed by atoms with Gasteiger partial charge < -0.3 is 9.64 Å². The summed E-state index contributed by atoms with van der Waals surface area (Å²) in [7, 11) is 0. The lowest BCUT2D eigenvalue weighted by Crippen LogP contribution is -2.47. The average Bonchev–Trinajstić information content (AvgIpc) is 2.48. The van der Waals surface area contributed by atoms with Gasteiger partial charge in [-0.1, -0.05) is 32.0 Å². The first-order chi connectivity index (χ1) is 9.33. The van der Waals surface area contributed by atoms with Crippen molar-refractivity contribution in [2.45, 2.75) is 20.3 Å². The number of likely N-dealkylation sites (N-methyl/N-ethyl adjacent to an activating group) is 1. The molecule has 0 amide bonds. The number of rotatable bonds is 6. The maximum Gasteiger partial charge on any atom is 0.122 e. The molecule has 2 rings (SSSR count). The SMILES string of the molecule is CCc1ccccc1OCCN1CCN(CC)CC1. The molecular weight excluding hydrogens is 236 g/mol. The molecule has 3 nitrogen and oxygen atoms in total. The molecule has 3 heteroatoms. The van der Waals surface area contributed by atoms with Gasteiger partial charge in [0.1, 0.15) is 12.4 Å². The number of aryl methyl sites for hydroxylation is 1. The summed E-state index contributed by atoms with van der Waals surface area (Å²) in [6.07, 6.45) is 1.03. The van der Waals surface area contributed by atoms with Crippen LogP contribution in [0.3, 0.4) is 0 Å². The number of hydrogen-bond acceptors (Lipinski definition) is 3. The minimum absolute atomic E-state index is 0.795. The Morgan fingerprint density at radius 2 is 1.68 bits per heavy atom. The number of ether oxygens (including phenoxy) is 1. The van der Waals surface area contributed by atoms with Crippen LogP contribution in [0.15, 0.2) is 24.3 Å². The summed E-state index contributed by atoms with van der Waals surface area (Å²) in [6.45, 7) is 12.2. The fourth-order valence-electron chi connectivity index (χ4n) is 2.55. The third-order valence-corrected chi connectivity index (χ3v) is 3.93. The van der Waals surface area contributed by atoms with Gasteiger partial charge in [-0.25, -0.2) is 0 Å². The highest BCUT2D eigenvalue weighted by Crippen LogP contribution is 2.18. The van der Waals surface area contributed by atoms with Crippen LogP contribution in [0.4, 0.5) is 0 Å². The summed E-state index contributed by atoms with van der Waals surface area (Å²) < 4.78 is 5.93. The average molecular weight is 262 g/mol. The maximum absolute atomic E-state index is 5.93. The van der Waals surface area contributed by atoms with E-state index < -0.39 is 0 Å². The van der Waals surface area contributed by atoms with Crippen LogP contribution in [-0.2, 0) is 6.42 Å². The highest BCUT2D eigenvalue weighted by molar-refractivity contribution is 5.33. The quantitative estimate of drug-likeness (QED) is 0.782. The second-order valence-corrected chi connectivity index (χ2v) is 5.09. The summed E-state index contributed by atoms with van der Waals surface area (Å²) >= 11 is 0. The van der Waals surface area contributed by atoms with E-state index in [1.165, 1.54) is 38.3 Å². The minimum Gasteiger partial charge on any atom is -0.492 e. The molecule has 1 aliphatic heterocycles. The first-order valence-corrected chi connectivity index (χ1v) is 7.49. The van der Waals surface area contributed by atoms with E-state index in [0.717, 1.165) is 25.3 Å². The number of piperazine rings is 1. The monoisotopic (exact) mass is 262 g/mol. The molecule has 0 saturated carbocycles. The molecule has 0 N–H and O–H groups in total. The normalized spacial score (nSPS) is 17.6. The number of hydrogen-bond donors (Lipinski definition) is 0. The van der Waals surface area contributed by atoms with Gasteiger partial charge in [0.25, 0.3) is 0 Å². The van der Waals surface area contributed by atoms with Gasteiger partial charge in [-0.2, -0.15) is 0 Å². The van der Waals surface area contributed by atoms with Crippen molar-refractivity contribution in [2.24, 2.45) is 0 Å². The minimum atomic E-state index is 0.795. The van der Waals surface area contributed by atoms with Gasteiger partial charge in [0.05, 0.1) is 0 Å². The molecule has 106 valence electrons. The van der Waals surface area contributed by atoms with Crippen LogP contribution in [0.5, 0.6) is 5.75 Å². The molecule has 0 aliphatic carbocycles. The van der Waals surface area contributed by atoms with Gasteiger partial charge in [-0.05, 0) is 24.6 Å². The second-order valence-electron chi connectivity index (χ2n) is 5.09. The summed E-state index contributed by atoms with van der Waals surface area (Å²) in [4.78, 5) is 5.00. The Bertz CT molecular complexity index is 373. The van der Waals surface area contributed by atoms with E-state index in [4.69, 9.17) is 4.74 Å². The Morgan fingerprint density at radius 1 is 1.00 bits per heavy atom. The first-order valence-electron chi connectivity index (χ1n) is 7.49. The smallest absolute Gasteiger partial charge is 0.122 e. The van der Waals surface area contributed by atoms with E-state index in [-0.39, 0.29) is 0 Å². The highest BCUT2D eigenvalue weighted by atomic mass is 16.5. The summed E-state index contributed by atoms with van der Waals surface area (Å²) in [6, 6.07) is 8.35. The van der Waals surface area contributed by atoms with Crippen LogP contribution in [0, 0.1) is 0 Å². The molecule has 19 heavy (non-hydrogen) atoms. The molecule has 0 spiro atoms. The van der Waals surface area contributed by atoms with Gasteiger partial charge >= 0.3 is 0 Å². The Kier molecular flexibility index (Phi) is 5.67. The van der Waals surface area contributed by atoms with Crippen molar-refractivity contribution < 1.29 is 4.74 Å². The molecule has 0 unspecified atom stereocenters. The van der Waals surface area contributed by atoms with E-state index in [9.17, 15) is 0 Å². The molecule has 0 atom stereocenters. The molecule has 0 radical (unpaired) electrons. The van der Waals surface area contributed by atoms with E-state index in [2.05, 4.69) is 47.9 Å². The van der Waals surface area contributed by atoms with Crippen molar-refractivity contribution in [2.75, 3.05) is 45.9 Å². The Labute approximate surface area is 117 Å². The van der Waals surface area contributed by atoms with Gasteiger partial charge in [-0.15, -0.1) is 0 Å². The van der Waals surface area contributed by atoms with Gasteiger partial charge in [0.2, 0.25) is 0 Å². The molecule has 1 fully saturated rings. The molecule has 0 bridgehead atoms. The Balaban J connectivity index is 1.72. The molecule has 1 aromatic rings. The largest absolute Gasteiger partial charge is 0.492 e. The lowest BCUT2D eigenvalue weighted by Gasteiger charge is -2.33. The van der Waals surface area contributed by atoms with Crippen LogP contribution in [-0.4, -0.2) is 55.7 Å². The molecule has 0 aromatic heterocycles. The van der Waals surface area contributed by atoms with E-state index >= 15 is 0 Å². The summed E-state index contributed by atoms with van der Waals surface area (Å²) in [5, 5.41) is 0. The third-order valence-electron chi connectivity index (χ3n) is 3.93. The third kappa shape index (κ3) is 4.22. The van der Waals surface area contributed by atoms with E-state index in [0.29, 0.717) is 0 Å². The van der Waals surface area contributed by atoms with Crippen molar-refractivity contribution in [1.29, 1.82) is 0 Å². The fourth-order valence-corrected chi connectivity index (χ4v) is 2.55. The summed E-state index contributed by atoms with van der Waals surface area (Å²) in [5.41, 5.74) is 1.30. The van der Waals surface area contributed by atoms with Crippen molar-refractivity contribution in [3.63, 3.8) is 0 Å². The van der Waals surface area contributed by atoms with Crippen molar-refractivity contribution in [1.82, 2.24) is 9.80 Å². The molecule has 1 aromatic carbocycles. The van der Waals surface area contributed by atoms with E-state index in [1.54, 1.807) is 0 Å². The van der Waals surface area contributed by atoms with Gasteiger partial charge in [-0.3, -0.25) is 4.90 Å². The van der Waals surface area contributed by atoms with Gasteiger partial charge in [0, 0.05) is 32.7 Å². The van der Waals surface area contributed by atoms with Crippen molar-refractivity contribution in [3.05, 3.63) is 29.8 Å². The maximum atomic E-state index is 5.93. The first kappa shape index (κ1) is 14.4. The zero-order valence-electron chi connectivity index (χ0n) is 12.3. The molecule has 1 aliphatic rings. The second kappa shape index (κ2) is 7.51. The van der Waals surface area contributed by atoms with Crippen molar-refractivity contribution >= 4 is 0 Å². The molecule has 1 heterocycles. The lowest BCUT2D eigenvalue weighted by molar-refractivity contribution is 0.120. The number of nitrogens with zero attached hydrogens (tertiary/aromatic N) is 2. The topological polar surface area (TPSA) is 15.7 Å². The molecule has 1 saturated heterocycles. The number of benzene rings is 1. The van der Waals surface area contributed by atoms with Crippen LogP contribution in [0.2, 0.25) is 0 Å². The van der Waals surface area contributed by atoms with Crippen LogP contribution in [0.1, 0.15) is 19.4 Å². The predicted octanol–water partition coefficient (Wildman–Crippen LogP) is 2.27. The Morgan fingerprint density at radius 3 is 2.37 bits per heavy atom. The summed E-state index contributed by atoms with van der Waals surface area (Å²) in [5.74, 6) is 1.05. The van der Waals surface area contributed by atoms with Crippen LogP contribution < -0.4 is 4.74 Å². The standard InChI is InChI=1S/C16H26N2O/c1-3-15-7-5-6-8-16(15)19-14-13-18-11-9-17(4-2)10-12-18/h5-8H,3-4,9-14H2,1-2H3. The zero-order chi connectivity index (χ0) is 13.5.